The quantitative estimate of drug-likeness (QED) is 0.682. The van der Waals surface area contributed by atoms with Crippen LogP contribution in [-0.4, -0.2) is 13.1 Å². The topological polar surface area (TPSA) is 26.3 Å². The second kappa shape index (κ2) is 5.70. The highest BCUT2D eigenvalue weighted by molar-refractivity contribution is 5.73. The molecule has 0 spiro atoms. The number of carbonyl (C=O) groups is 1. The maximum atomic E-state index is 12.0. The molecule has 0 aromatic rings. The van der Waals surface area contributed by atoms with Crippen LogP contribution in [0.4, 0.5) is 0 Å². The van der Waals surface area contributed by atoms with E-state index in [1.54, 1.807) is 0 Å². The van der Waals surface area contributed by atoms with Gasteiger partial charge in [-0.15, -0.1) is 0 Å². The molecule has 1 rings (SSSR count). The zero-order valence-corrected chi connectivity index (χ0v) is 11.2. The first-order valence-electron chi connectivity index (χ1n) is 6.60. The van der Waals surface area contributed by atoms with E-state index in [0.29, 0.717) is 5.92 Å². The molecule has 0 aromatic heterocycles. The van der Waals surface area contributed by atoms with Gasteiger partial charge in [0.15, 0.2) is 0 Å². The van der Waals surface area contributed by atoms with E-state index in [1.807, 2.05) is 0 Å². The summed E-state index contributed by atoms with van der Waals surface area (Å²) in [5, 5.41) is 0. The third kappa shape index (κ3) is 2.99. The molecule has 1 saturated carbocycles. The molecule has 16 heavy (non-hydrogen) atoms. The van der Waals surface area contributed by atoms with E-state index in [4.69, 9.17) is 4.74 Å². The molecule has 0 radical (unpaired) electrons. The van der Waals surface area contributed by atoms with E-state index in [2.05, 4.69) is 20.8 Å². The van der Waals surface area contributed by atoms with Crippen molar-refractivity contribution in [3.63, 3.8) is 0 Å². The summed E-state index contributed by atoms with van der Waals surface area (Å²) in [6.07, 6.45) is 7.31. The van der Waals surface area contributed by atoms with Gasteiger partial charge in [0.1, 0.15) is 0 Å². The number of esters is 1. The summed E-state index contributed by atoms with van der Waals surface area (Å²) in [5.74, 6) is 0.623. The van der Waals surface area contributed by atoms with Gasteiger partial charge in [-0.3, -0.25) is 4.79 Å². The summed E-state index contributed by atoms with van der Waals surface area (Å²) >= 11 is 0. The lowest BCUT2D eigenvalue weighted by atomic mass is 9.66. The highest BCUT2D eigenvalue weighted by Crippen LogP contribution is 2.42. The van der Waals surface area contributed by atoms with Crippen molar-refractivity contribution < 1.29 is 9.53 Å². The molecule has 1 atom stereocenters. The van der Waals surface area contributed by atoms with Crippen molar-refractivity contribution in [1.82, 2.24) is 0 Å². The zero-order chi connectivity index (χ0) is 12.2. The van der Waals surface area contributed by atoms with Gasteiger partial charge in [0.2, 0.25) is 0 Å². The molecule has 0 bridgehead atoms. The number of methoxy groups -OCH3 is 1. The van der Waals surface area contributed by atoms with Crippen molar-refractivity contribution in [2.24, 2.45) is 17.3 Å². The predicted molar refractivity (Wildman–Crippen MR) is 66.2 cm³/mol. The SMILES string of the molecule is CCC(C)(C)C(C(=O)OC)C1CCCCC1. The van der Waals surface area contributed by atoms with Gasteiger partial charge >= 0.3 is 5.97 Å². The number of hydrogen-bond donors (Lipinski definition) is 0. The van der Waals surface area contributed by atoms with Crippen LogP contribution in [-0.2, 0) is 9.53 Å². The molecular weight excluding hydrogens is 200 g/mol. The molecule has 2 nitrogen and oxygen atoms in total. The van der Waals surface area contributed by atoms with E-state index in [0.717, 1.165) is 6.42 Å². The molecule has 94 valence electrons. The minimum absolute atomic E-state index is 0.00116. The Labute approximate surface area is 99.8 Å². The molecule has 0 aliphatic heterocycles. The Morgan fingerprint density at radius 1 is 1.31 bits per heavy atom. The minimum atomic E-state index is -0.00116. The fraction of sp³-hybridized carbons (Fsp3) is 0.929. The van der Waals surface area contributed by atoms with Crippen molar-refractivity contribution in [3.05, 3.63) is 0 Å². The lowest BCUT2D eigenvalue weighted by Gasteiger charge is -2.38. The van der Waals surface area contributed by atoms with Crippen LogP contribution < -0.4 is 0 Å². The first-order chi connectivity index (χ1) is 7.53. The van der Waals surface area contributed by atoms with E-state index in [-0.39, 0.29) is 17.3 Å². The Hall–Kier alpha value is -0.530. The van der Waals surface area contributed by atoms with Gasteiger partial charge in [0.05, 0.1) is 13.0 Å². The van der Waals surface area contributed by atoms with E-state index >= 15 is 0 Å². The zero-order valence-electron chi connectivity index (χ0n) is 11.2. The molecule has 1 aliphatic carbocycles. The molecule has 0 aromatic carbocycles. The van der Waals surface area contributed by atoms with Crippen LogP contribution in [0.1, 0.15) is 59.3 Å². The van der Waals surface area contributed by atoms with Gasteiger partial charge in [0, 0.05) is 0 Å². The van der Waals surface area contributed by atoms with Crippen LogP contribution in [0.25, 0.3) is 0 Å². The molecule has 0 N–H and O–H groups in total. The Kier molecular flexibility index (Phi) is 4.82. The van der Waals surface area contributed by atoms with Crippen LogP contribution in [0.5, 0.6) is 0 Å². The summed E-state index contributed by atoms with van der Waals surface area (Å²) in [6, 6.07) is 0. The van der Waals surface area contributed by atoms with Gasteiger partial charge in [-0.05, 0) is 24.2 Å². The monoisotopic (exact) mass is 226 g/mol. The lowest BCUT2D eigenvalue weighted by Crippen LogP contribution is -2.38. The molecule has 1 aliphatic rings. The van der Waals surface area contributed by atoms with Crippen molar-refractivity contribution >= 4 is 5.97 Å². The predicted octanol–water partition coefficient (Wildman–Crippen LogP) is 3.79. The molecule has 0 heterocycles. The molecule has 0 saturated heterocycles. The Bertz CT molecular complexity index is 227. The number of rotatable bonds is 4. The smallest absolute Gasteiger partial charge is 0.309 e. The fourth-order valence-corrected chi connectivity index (χ4v) is 2.96. The third-order valence-corrected chi connectivity index (χ3v) is 4.33. The highest BCUT2D eigenvalue weighted by atomic mass is 16.5. The van der Waals surface area contributed by atoms with E-state index in [9.17, 15) is 4.79 Å². The minimum Gasteiger partial charge on any atom is -0.469 e. The Morgan fingerprint density at radius 3 is 2.31 bits per heavy atom. The van der Waals surface area contributed by atoms with Crippen LogP contribution in [0, 0.1) is 17.3 Å². The van der Waals surface area contributed by atoms with Gasteiger partial charge in [-0.1, -0.05) is 46.5 Å². The van der Waals surface area contributed by atoms with Crippen molar-refractivity contribution in [2.75, 3.05) is 7.11 Å². The summed E-state index contributed by atoms with van der Waals surface area (Å²) in [7, 11) is 1.52. The standard InChI is InChI=1S/C14H26O2/c1-5-14(2,3)12(13(15)16-4)11-9-7-6-8-10-11/h11-12H,5-10H2,1-4H3. The van der Waals surface area contributed by atoms with E-state index in [1.165, 1.54) is 39.2 Å². The second-order valence-corrected chi connectivity index (χ2v) is 5.74. The fourth-order valence-electron chi connectivity index (χ4n) is 2.96. The molecule has 0 amide bonds. The first kappa shape index (κ1) is 13.5. The maximum Gasteiger partial charge on any atom is 0.309 e. The van der Waals surface area contributed by atoms with Crippen molar-refractivity contribution in [3.8, 4) is 0 Å². The van der Waals surface area contributed by atoms with Gasteiger partial charge in [-0.2, -0.15) is 0 Å². The summed E-state index contributed by atoms with van der Waals surface area (Å²) in [6.45, 7) is 6.56. The largest absolute Gasteiger partial charge is 0.469 e. The molecule has 1 fully saturated rings. The normalized spacial score (nSPS) is 20.5. The highest BCUT2D eigenvalue weighted by Gasteiger charge is 2.40. The third-order valence-electron chi connectivity index (χ3n) is 4.33. The number of hydrogen-bond acceptors (Lipinski definition) is 2. The van der Waals surface area contributed by atoms with Crippen LogP contribution in [0.15, 0.2) is 0 Å². The number of ether oxygens (including phenoxy) is 1. The van der Waals surface area contributed by atoms with Crippen molar-refractivity contribution in [1.29, 1.82) is 0 Å². The Morgan fingerprint density at radius 2 is 1.88 bits per heavy atom. The first-order valence-corrected chi connectivity index (χ1v) is 6.60. The van der Waals surface area contributed by atoms with Crippen LogP contribution in [0.2, 0.25) is 0 Å². The van der Waals surface area contributed by atoms with Crippen LogP contribution in [0.3, 0.4) is 0 Å². The van der Waals surface area contributed by atoms with Gasteiger partial charge in [-0.25, -0.2) is 0 Å². The van der Waals surface area contributed by atoms with Gasteiger partial charge < -0.3 is 4.74 Å². The lowest BCUT2D eigenvalue weighted by molar-refractivity contribution is -0.153. The number of carbonyl (C=O) groups excluding carboxylic acids is 1. The van der Waals surface area contributed by atoms with Gasteiger partial charge in [0.25, 0.3) is 0 Å². The summed E-state index contributed by atoms with van der Waals surface area (Å²) in [5.41, 5.74) is 0.0646. The summed E-state index contributed by atoms with van der Waals surface area (Å²) < 4.78 is 5.01. The maximum absolute atomic E-state index is 12.0. The van der Waals surface area contributed by atoms with Crippen LogP contribution >= 0.6 is 0 Å². The molecule has 1 unspecified atom stereocenters. The van der Waals surface area contributed by atoms with E-state index < -0.39 is 0 Å². The Balaban J connectivity index is 2.81. The van der Waals surface area contributed by atoms with Crippen molar-refractivity contribution in [2.45, 2.75) is 59.3 Å². The second-order valence-electron chi connectivity index (χ2n) is 5.74. The summed E-state index contributed by atoms with van der Waals surface area (Å²) in [4.78, 5) is 12.0. The average Bonchev–Trinajstić information content (AvgIpc) is 2.30. The molecular formula is C14H26O2. The molecule has 2 heteroatoms. The average molecular weight is 226 g/mol.